The van der Waals surface area contributed by atoms with Gasteiger partial charge in [-0.2, -0.15) is 0 Å². The van der Waals surface area contributed by atoms with Gasteiger partial charge in [-0.1, -0.05) is 194 Å². The molecule has 0 bridgehead atoms. The second-order valence-corrected chi connectivity index (χ2v) is 15.6. The van der Waals surface area contributed by atoms with Gasteiger partial charge in [0.25, 0.3) is 0 Å². The monoisotopic (exact) mass is 857 g/mol. The number of rotatable bonds is 42. The van der Waals surface area contributed by atoms with Crippen molar-refractivity contribution in [1.29, 1.82) is 0 Å². The van der Waals surface area contributed by atoms with E-state index in [1.807, 2.05) is 6.08 Å². The smallest absolute Gasteiger partial charge is 0.310 e. The topological polar surface area (TPSA) is 78.9 Å². The minimum Gasteiger partial charge on any atom is -0.462 e. The summed E-state index contributed by atoms with van der Waals surface area (Å²) in [5.74, 6) is -1.10. The lowest BCUT2D eigenvalue weighted by Crippen LogP contribution is -2.30. The predicted molar refractivity (Wildman–Crippen MR) is 265 cm³/mol. The van der Waals surface area contributed by atoms with Crippen molar-refractivity contribution in [3.05, 3.63) is 122 Å². The standard InChI is InChI=1S/C56H88O6/c1-4-7-10-13-16-19-22-24-26-27-28-29-31-32-34-37-40-43-46-49-55(58)61-52-53(51-60-54(57)48-45-42-39-36-21-18-15-12-9-6-3)62-56(59)50-47-44-41-38-35-33-30-25-23-20-17-14-11-8-5-2/h7-8,10-12,15-17,19-20,24-26,28-30,35,38,44,47,53H,4-6,9,13-14,18,21-23,27,31-34,36-37,39-43,45-46,48-52H2,1-3H3/b10-7-,11-8-,15-12-,19-16-,20-17-,26-24-,29-28-,30-25-,38-35-,47-44-. The molecule has 1 unspecified atom stereocenters. The van der Waals surface area contributed by atoms with E-state index in [1.54, 1.807) is 6.08 Å². The first-order valence-corrected chi connectivity index (χ1v) is 24.5. The molecule has 0 aromatic rings. The van der Waals surface area contributed by atoms with Crippen LogP contribution in [0.15, 0.2) is 122 Å². The molecule has 62 heavy (non-hydrogen) atoms. The number of allylic oxidation sites excluding steroid dienone is 19. The Hall–Kier alpha value is -4.19. The van der Waals surface area contributed by atoms with E-state index in [1.165, 1.54) is 25.7 Å². The second kappa shape index (κ2) is 49.5. The Kier molecular flexibility index (Phi) is 46.1. The number of hydrogen-bond acceptors (Lipinski definition) is 6. The molecule has 0 amide bonds. The van der Waals surface area contributed by atoms with Crippen LogP contribution in [0.25, 0.3) is 0 Å². The lowest BCUT2D eigenvalue weighted by atomic mass is 10.1. The van der Waals surface area contributed by atoms with E-state index < -0.39 is 12.1 Å². The van der Waals surface area contributed by atoms with Crippen molar-refractivity contribution in [2.24, 2.45) is 0 Å². The normalized spacial score (nSPS) is 13.1. The fourth-order valence-corrected chi connectivity index (χ4v) is 6.10. The molecule has 0 rings (SSSR count). The van der Waals surface area contributed by atoms with Crippen LogP contribution in [0.4, 0.5) is 0 Å². The zero-order chi connectivity index (χ0) is 45.1. The van der Waals surface area contributed by atoms with Crippen molar-refractivity contribution >= 4 is 17.9 Å². The van der Waals surface area contributed by atoms with Crippen molar-refractivity contribution < 1.29 is 28.6 Å². The average molecular weight is 857 g/mol. The molecular weight excluding hydrogens is 769 g/mol. The summed E-state index contributed by atoms with van der Waals surface area (Å²) in [5, 5.41) is 0. The van der Waals surface area contributed by atoms with Crippen molar-refractivity contribution in [2.75, 3.05) is 13.2 Å². The fraction of sp³-hybridized carbons (Fsp3) is 0.589. The van der Waals surface area contributed by atoms with E-state index in [-0.39, 0.29) is 31.6 Å². The van der Waals surface area contributed by atoms with Gasteiger partial charge in [0, 0.05) is 12.8 Å². The molecule has 0 aromatic carbocycles. The van der Waals surface area contributed by atoms with Crippen LogP contribution in [-0.4, -0.2) is 37.2 Å². The highest BCUT2D eigenvalue weighted by atomic mass is 16.6. The Labute approximate surface area is 380 Å². The highest BCUT2D eigenvalue weighted by Crippen LogP contribution is 2.12. The third-order valence-electron chi connectivity index (χ3n) is 9.70. The molecule has 1 atom stereocenters. The van der Waals surface area contributed by atoms with E-state index in [0.717, 1.165) is 122 Å². The summed E-state index contributed by atoms with van der Waals surface area (Å²) in [5.41, 5.74) is 0. The fourth-order valence-electron chi connectivity index (χ4n) is 6.10. The van der Waals surface area contributed by atoms with Gasteiger partial charge in [-0.3, -0.25) is 14.4 Å². The van der Waals surface area contributed by atoms with Crippen LogP contribution in [-0.2, 0) is 28.6 Å². The lowest BCUT2D eigenvalue weighted by molar-refractivity contribution is -0.166. The summed E-state index contributed by atoms with van der Waals surface area (Å²) in [6.07, 6.45) is 67.8. The largest absolute Gasteiger partial charge is 0.462 e. The molecule has 0 aliphatic carbocycles. The highest BCUT2D eigenvalue weighted by molar-refractivity contribution is 5.72. The summed E-state index contributed by atoms with van der Waals surface area (Å²) in [7, 11) is 0. The quantitative estimate of drug-likeness (QED) is 0.0263. The number of hydrogen-bond donors (Lipinski definition) is 0. The summed E-state index contributed by atoms with van der Waals surface area (Å²) in [4.78, 5) is 37.8. The van der Waals surface area contributed by atoms with Crippen LogP contribution < -0.4 is 0 Å². The van der Waals surface area contributed by atoms with Crippen LogP contribution >= 0.6 is 0 Å². The maximum Gasteiger partial charge on any atom is 0.310 e. The number of esters is 3. The number of unbranched alkanes of at least 4 members (excludes halogenated alkanes) is 12. The molecule has 6 heteroatoms. The van der Waals surface area contributed by atoms with Crippen molar-refractivity contribution in [2.45, 2.75) is 200 Å². The summed E-state index contributed by atoms with van der Waals surface area (Å²) in [6, 6.07) is 0. The van der Waals surface area contributed by atoms with Crippen LogP contribution in [0.3, 0.4) is 0 Å². The van der Waals surface area contributed by atoms with Gasteiger partial charge in [0.1, 0.15) is 13.2 Å². The van der Waals surface area contributed by atoms with Crippen molar-refractivity contribution in [3.8, 4) is 0 Å². The molecule has 0 aromatic heterocycles. The summed E-state index contributed by atoms with van der Waals surface area (Å²) < 4.78 is 16.6. The molecular formula is C56H88O6. The Morgan fingerprint density at radius 1 is 0.355 bits per heavy atom. The third kappa shape index (κ3) is 46.9. The Balaban J connectivity index is 4.52. The van der Waals surface area contributed by atoms with E-state index >= 15 is 0 Å². The molecule has 6 nitrogen and oxygen atoms in total. The first kappa shape index (κ1) is 57.8. The SMILES string of the molecule is CC/C=C\C/C=C\C/C=C\C/C=C\C/C=C\CC(=O)OC(COC(=O)CCCCCCC/C=C\CCC)COC(=O)CCCCCCCC/C=C\C/C=C\C/C=C\C/C=C\CC. The molecule has 0 fully saturated rings. The van der Waals surface area contributed by atoms with Crippen LogP contribution in [0.1, 0.15) is 194 Å². The molecule has 0 spiro atoms. The van der Waals surface area contributed by atoms with E-state index in [9.17, 15) is 14.4 Å². The molecule has 348 valence electrons. The van der Waals surface area contributed by atoms with Gasteiger partial charge >= 0.3 is 17.9 Å². The first-order chi connectivity index (χ1) is 30.5. The van der Waals surface area contributed by atoms with Crippen molar-refractivity contribution in [1.82, 2.24) is 0 Å². The van der Waals surface area contributed by atoms with E-state index in [4.69, 9.17) is 14.2 Å². The first-order valence-electron chi connectivity index (χ1n) is 24.5. The van der Waals surface area contributed by atoms with Crippen molar-refractivity contribution in [3.63, 3.8) is 0 Å². The van der Waals surface area contributed by atoms with Gasteiger partial charge in [-0.05, 0) is 103 Å². The Bertz CT molecular complexity index is 1350. The molecule has 0 saturated carbocycles. The molecule has 0 heterocycles. The second-order valence-electron chi connectivity index (χ2n) is 15.6. The van der Waals surface area contributed by atoms with Gasteiger partial charge in [0.15, 0.2) is 6.10 Å². The van der Waals surface area contributed by atoms with Gasteiger partial charge < -0.3 is 14.2 Å². The predicted octanol–water partition coefficient (Wildman–Crippen LogP) is 16.1. The van der Waals surface area contributed by atoms with E-state index in [2.05, 4.69) is 130 Å². The zero-order valence-corrected chi connectivity index (χ0v) is 39.6. The maximum atomic E-state index is 12.7. The van der Waals surface area contributed by atoms with Gasteiger partial charge in [-0.15, -0.1) is 0 Å². The minimum absolute atomic E-state index is 0.0871. The maximum absolute atomic E-state index is 12.7. The zero-order valence-electron chi connectivity index (χ0n) is 39.6. The van der Waals surface area contributed by atoms with Crippen LogP contribution in [0, 0.1) is 0 Å². The summed E-state index contributed by atoms with van der Waals surface area (Å²) in [6.45, 7) is 6.22. The minimum atomic E-state index is -0.843. The molecule has 0 aliphatic rings. The van der Waals surface area contributed by atoms with Gasteiger partial charge in [-0.25, -0.2) is 0 Å². The molecule has 0 saturated heterocycles. The molecule has 0 radical (unpaired) electrons. The third-order valence-corrected chi connectivity index (χ3v) is 9.70. The number of ether oxygens (including phenoxy) is 3. The molecule has 0 aliphatic heterocycles. The number of carbonyl (C=O) groups excluding carboxylic acids is 3. The van der Waals surface area contributed by atoms with Crippen LogP contribution in [0.5, 0.6) is 0 Å². The van der Waals surface area contributed by atoms with Gasteiger partial charge in [0.05, 0.1) is 6.42 Å². The van der Waals surface area contributed by atoms with E-state index in [0.29, 0.717) is 19.3 Å². The summed E-state index contributed by atoms with van der Waals surface area (Å²) >= 11 is 0. The molecule has 0 N–H and O–H groups in total. The Morgan fingerprint density at radius 3 is 1.08 bits per heavy atom. The lowest BCUT2D eigenvalue weighted by Gasteiger charge is -2.18. The highest BCUT2D eigenvalue weighted by Gasteiger charge is 2.19. The number of carbonyl (C=O) groups is 3. The average Bonchev–Trinajstić information content (AvgIpc) is 3.27. The van der Waals surface area contributed by atoms with Crippen LogP contribution in [0.2, 0.25) is 0 Å². The van der Waals surface area contributed by atoms with Gasteiger partial charge in [0.2, 0.25) is 0 Å². The Morgan fingerprint density at radius 2 is 0.677 bits per heavy atom.